The highest BCUT2D eigenvalue weighted by molar-refractivity contribution is 6.00. The minimum absolute atomic E-state index is 0.0437. The highest BCUT2D eigenvalue weighted by atomic mass is 16.1. The molecule has 3 atom stereocenters. The van der Waals surface area contributed by atoms with E-state index in [9.17, 15) is 14.4 Å². The number of fused-ring (bicyclic) bond motifs is 1. The second kappa shape index (κ2) is 14.4. The zero-order valence-electron chi connectivity index (χ0n) is 25.3. The summed E-state index contributed by atoms with van der Waals surface area (Å²) in [7, 11) is 0. The fourth-order valence-electron chi connectivity index (χ4n) is 7.89. The van der Waals surface area contributed by atoms with E-state index in [1.54, 1.807) is 0 Å². The summed E-state index contributed by atoms with van der Waals surface area (Å²) in [6.07, 6.45) is 12.6. The van der Waals surface area contributed by atoms with Gasteiger partial charge in [0.25, 0.3) is 0 Å². The summed E-state index contributed by atoms with van der Waals surface area (Å²) in [4.78, 5) is 38.2. The van der Waals surface area contributed by atoms with Crippen LogP contribution in [0.2, 0.25) is 0 Å². The predicted octanol–water partition coefficient (Wildman–Crippen LogP) is 8.71. The van der Waals surface area contributed by atoms with Gasteiger partial charge in [-0.2, -0.15) is 0 Å². The highest BCUT2D eigenvalue weighted by Crippen LogP contribution is 2.39. The lowest BCUT2D eigenvalue weighted by molar-refractivity contribution is -0.129. The molecule has 40 heavy (non-hydrogen) atoms. The summed E-state index contributed by atoms with van der Waals surface area (Å²) in [6, 6.07) is 15.4. The Hall–Kier alpha value is -2.55. The van der Waals surface area contributed by atoms with E-state index in [1.165, 1.54) is 55.7 Å². The van der Waals surface area contributed by atoms with E-state index in [2.05, 4.69) is 63.2 Å². The monoisotopic (exact) mass is 542 g/mol. The SMILES string of the molecule is CCCC(CC1CC(=O)c2c(C)ccc(CC3CCC(Cc4ccccc4)CC3)c2C1)C(CC)C(=O)CC(C)=O. The summed E-state index contributed by atoms with van der Waals surface area (Å²) in [5.41, 5.74) is 6.24. The van der Waals surface area contributed by atoms with Crippen molar-refractivity contribution in [3.63, 3.8) is 0 Å². The maximum absolute atomic E-state index is 13.5. The number of hydrogen-bond donors (Lipinski definition) is 0. The fourth-order valence-corrected chi connectivity index (χ4v) is 7.89. The van der Waals surface area contributed by atoms with Crippen molar-refractivity contribution >= 4 is 17.3 Å². The van der Waals surface area contributed by atoms with Crippen LogP contribution in [0.4, 0.5) is 0 Å². The molecular formula is C37H50O3. The number of carbonyl (C=O) groups excluding carboxylic acids is 3. The standard InChI is InChI=1S/C37H50O3/c1-5-10-31(33(6-2)35(39)19-26(4)38)22-30-23-34-32(18-13-25(3)37(34)36(40)24-30)21-29-16-14-28(15-17-29)20-27-11-8-7-9-12-27/h7-9,11-13,18,28-31,33H,5-6,10,14-17,19-24H2,1-4H3. The van der Waals surface area contributed by atoms with Crippen LogP contribution in [0, 0.1) is 36.5 Å². The van der Waals surface area contributed by atoms with E-state index in [0.29, 0.717) is 12.3 Å². The molecule has 0 aliphatic heterocycles. The van der Waals surface area contributed by atoms with Crippen LogP contribution in [-0.4, -0.2) is 17.3 Å². The van der Waals surface area contributed by atoms with Gasteiger partial charge < -0.3 is 0 Å². The molecule has 0 N–H and O–H groups in total. The summed E-state index contributed by atoms with van der Waals surface area (Å²) >= 11 is 0. The third-order valence-corrected chi connectivity index (χ3v) is 9.85. The largest absolute Gasteiger partial charge is 0.300 e. The van der Waals surface area contributed by atoms with E-state index >= 15 is 0 Å². The number of ketones is 3. The van der Waals surface area contributed by atoms with Crippen molar-refractivity contribution in [1.82, 2.24) is 0 Å². The van der Waals surface area contributed by atoms with Crippen molar-refractivity contribution in [2.45, 2.75) is 111 Å². The smallest absolute Gasteiger partial charge is 0.163 e. The molecule has 1 saturated carbocycles. The molecule has 2 aromatic rings. The molecule has 0 amide bonds. The first kappa shape index (κ1) is 30.4. The quantitative estimate of drug-likeness (QED) is 0.238. The summed E-state index contributed by atoms with van der Waals surface area (Å²) in [5.74, 6) is 2.25. The van der Waals surface area contributed by atoms with Crippen molar-refractivity contribution < 1.29 is 14.4 Å². The molecule has 0 aromatic heterocycles. The number of rotatable bonds is 13. The second-order valence-electron chi connectivity index (χ2n) is 13.0. The molecule has 0 saturated heterocycles. The second-order valence-corrected chi connectivity index (χ2v) is 13.0. The van der Waals surface area contributed by atoms with Gasteiger partial charge in [-0.25, -0.2) is 0 Å². The first-order valence-corrected chi connectivity index (χ1v) is 16.0. The van der Waals surface area contributed by atoms with E-state index in [4.69, 9.17) is 0 Å². The van der Waals surface area contributed by atoms with Crippen LogP contribution in [0.15, 0.2) is 42.5 Å². The van der Waals surface area contributed by atoms with Crippen LogP contribution in [0.1, 0.15) is 118 Å². The molecule has 1 fully saturated rings. The van der Waals surface area contributed by atoms with Crippen LogP contribution in [0.25, 0.3) is 0 Å². The minimum atomic E-state index is -0.0802. The molecule has 216 valence electrons. The Kier molecular flexibility index (Phi) is 10.9. The van der Waals surface area contributed by atoms with Gasteiger partial charge in [-0.1, -0.05) is 69.2 Å². The number of Topliss-reactive ketones (excluding diaryl/α,β-unsaturated/α-hetero) is 3. The molecule has 2 aliphatic rings. The lowest BCUT2D eigenvalue weighted by Crippen LogP contribution is -2.30. The fraction of sp³-hybridized carbons (Fsp3) is 0.595. The van der Waals surface area contributed by atoms with Gasteiger partial charge in [0.05, 0.1) is 6.42 Å². The zero-order valence-corrected chi connectivity index (χ0v) is 25.3. The van der Waals surface area contributed by atoms with Gasteiger partial charge in [-0.05, 0) is 118 Å². The Morgan fingerprint density at radius 1 is 0.875 bits per heavy atom. The number of aryl methyl sites for hydroxylation is 1. The molecule has 0 radical (unpaired) electrons. The minimum Gasteiger partial charge on any atom is -0.300 e. The summed E-state index contributed by atoms with van der Waals surface area (Å²) in [5, 5.41) is 0. The van der Waals surface area contributed by atoms with Crippen LogP contribution in [0.5, 0.6) is 0 Å². The maximum Gasteiger partial charge on any atom is 0.163 e. The maximum atomic E-state index is 13.5. The van der Waals surface area contributed by atoms with Gasteiger partial charge in [0, 0.05) is 17.9 Å². The van der Waals surface area contributed by atoms with Crippen LogP contribution in [-0.2, 0) is 28.9 Å². The van der Waals surface area contributed by atoms with Crippen molar-refractivity contribution in [2.24, 2.45) is 29.6 Å². The summed E-state index contributed by atoms with van der Waals surface area (Å²) < 4.78 is 0. The van der Waals surface area contributed by atoms with E-state index in [0.717, 1.165) is 55.6 Å². The van der Waals surface area contributed by atoms with E-state index in [1.807, 2.05) is 0 Å². The molecule has 2 aliphatic carbocycles. The Morgan fingerprint density at radius 2 is 1.55 bits per heavy atom. The van der Waals surface area contributed by atoms with Crippen molar-refractivity contribution in [2.75, 3.05) is 0 Å². The van der Waals surface area contributed by atoms with Crippen LogP contribution in [0.3, 0.4) is 0 Å². The molecule has 0 heterocycles. The van der Waals surface area contributed by atoms with E-state index in [-0.39, 0.29) is 41.5 Å². The topological polar surface area (TPSA) is 51.2 Å². The van der Waals surface area contributed by atoms with Gasteiger partial charge in [0.15, 0.2) is 5.78 Å². The van der Waals surface area contributed by atoms with Crippen LogP contribution >= 0.6 is 0 Å². The van der Waals surface area contributed by atoms with Gasteiger partial charge in [-0.15, -0.1) is 0 Å². The number of hydrogen-bond acceptors (Lipinski definition) is 3. The molecule has 2 aromatic carbocycles. The van der Waals surface area contributed by atoms with Crippen molar-refractivity contribution in [1.29, 1.82) is 0 Å². The average Bonchev–Trinajstić information content (AvgIpc) is 2.92. The van der Waals surface area contributed by atoms with Gasteiger partial charge in [0.2, 0.25) is 0 Å². The third-order valence-electron chi connectivity index (χ3n) is 9.85. The Balaban J connectivity index is 1.45. The normalized spacial score (nSPS) is 22.4. The lowest BCUT2D eigenvalue weighted by Gasteiger charge is -2.33. The zero-order chi connectivity index (χ0) is 28.6. The first-order valence-electron chi connectivity index (χ1n) is 16.0. The lowest BCUT2D eigenvalue weighted by atomic mass is 9.70. The average molecular weight is 543 g/mol. The van der Waals surface area contributed by atoms with Crippen molar-refractivity contribution in [3.05, 3.63) is 70.3 Å². The molecule has 0 spiro atoms. The number of carbonyl (C=O) groups is 3. The molecule has 3 unspecified atom stereocenters. The van der Waals surface area contributed by atoms with Crippen LogP contribution < -0.4 is 0 Å². The van der Waals surface area contributed by atoms with Gasteiger partial charge in [0.1, 0.15) is 11.6 Å². The Labute approximate surface area is 242 Å². The third kappa shape index (κ3) is 7.80. The molecule has 3 heteroatoms. The molecule has 0 bridgehead atoms. The highest BCUT2D eigenvalue weighted by Gasteiger charge is 2.34. The molecule has 3 nitrogen and oxygen atoms in total. The van der Waals surface area contributed by atoms with Crippen molar-refractivity contribution in [3.8, 4) is 0 Å². The summed E-state index contributed by atoms with van der Waals surface area (Å²) in [6.45, 7) is 7.84. The Bertz CT molecular complexity index is 1160. The first-order chi connectivity index (χ1) is 19.3. The van der Waals surface area contributed by atoms with E-state index < -0.39 is 0 Å². The van der Waals surface area contributed by atoms with Gasteiger partial charge in [-0.3, -0.25) is 14.4 Å². The number of benzene rings is 2. The molecule has 4 rings (SSSR count). The Morgan fingerprint density at radius 3 is 2.17 bits per heavy atom. The predicted molar refractivity (Wildman–Crippen MR) is 164 cm³/mol. The molecular weight excluding hydrogens is 492 g/mol. The van der Waals surface area contributed by atoms with Gasteiger partial charge >= 0.3 is 0 Å².